The monoisotopic (exact) mass is 451 g/mol. The lowest BCUT2D eigenvalue weighted by Gasteiger charge is -2.17. The lowest BCUT2D eigenvalue weighted by molar-refractivity contribution is -0.384. The van der Waals surface area contributed by atoms with Crippen molar-refractivity contribution in [2.45, 2.75) is 34.6 Å². The van der Waals surface area contributed by atoms with Crippen molar-refractivity contribution in [3.63, 3.8) is 0 Å². The van der Waals surface area contributed by atoms with Gasteiger partial charge in [-0.1, -0.05) is 20.8 Å². The van der Waals surface area contributed by atoms with Gasteiger partial charge in [0.2, 0.25) is 5.91 Å². The molecule has 0 fully saturated rings. The number of ether oxygens (including phenoxy) is 1. The summed E-state index contributed by atoms with van der Waals surface area (Å²) < 4.78 is 18.8. The van der Waals surface area contributed by atoms with Crippen molar-refractivity contribution in [1.82, 2.24) is 0 Å². The molecule has 0 aliphatic rings. The highest BCUT2D eigenvalue weighted by molar-refractivity contribution is 7.16. The fraction of sp³-hybridized carbons (Fsp3) is 0.350. The first-order valence-electron chi connectivity index (χ1n) is 9.13. The number of hydrogen-bond donors (Lipinski definition) is 2. The molecule has 0 saturated heterocycles. The average molecular weight is 451 g/mol. The number of hydrogen-bond acceptors (Lipinski definition) is 7. The summed E-state index contributed by atoms with van der Waals surface area (Å²) >= 11 is 1.21. The molecule has 2 aromatic rings. The van der Waals surface area contributed by atoms with Crippen molar-refractivity contribution in [2.75, 3.05) is 17.2 Å². The van der Waals surface area contributed by atoms with E-state index in [1.54, 1.807) is 34.6 Å². The SMILES string of the molecule is Cc1sc(NC(=O)C(C)(C)C)c(C(=O)OCC(=O)Nc2cc([N+](=O)[O-])ccc2F)c1C. The first-order chi connectivity index (χ1) is 14.3. The van der Waals surface area contributed by atoms with Gasteiger partial charge in [-0.2, -0.15) is 0 Å². The zero-order valence-electron chi connectivity index (χ0n) is 17.6. The fourth-order valence-electron chi connectivity index (χ4n) is 2.36. The third-order valence-electron chi connectivity index (χ3n) is 4.27. The number of rotatable bonds is 6. The topological polar surface area (TPSA) is 128 Å². The minimum absolute atomic E-state index is 0.134. The van der Waals surface area contributed by atoms with Crippen LogP contribution >= 0.6 is 11.3 Å². The number of amides is 2. The highest BCUT2D eigenvalue weighted by atomic mass is 32.1. The normalized spacial score (nSPS) is 11.0. The molecule has 0 aliphatic heterocycles. The van der Waals surface area contributed by atoms with Gasteiger partial charge in [-0.25, -0.2) is 9.18 Å². The van der Waals surface area contributed by atoms with Crippen LogP contribution in [-0.4, -0.2) is 29.3 Å². The maximum Gasteiger partial charge on any atom is 0.341 e. The first kappa shape index (κ1) is 23.9. The van der Waals surface area contributed by atoms with Gasteiger partial charge in [0.15, 0.2) is 6.61 Å². The van der Waals surface area contributed by atoms with Crippen molar-refractivity contribution in [1.29, 1.82) is 0 Å². The number of nitrogens with zero attached hydrogens (tertiary/aromatic N) is 1. The smallest absolute Gasteiger partial charge is 0.341 e. The molecule has 0 aliphatic carbocycles. The molecule has 2 rings (SSSR count). The fourth-order valence-corrected chi connectivity index (χ4v) is 3.41. The maximum atomic E-state index is 13.8. The van der Waals surface area contributed by atoms with Gasteiger partial charge in [-0.3, -0.25) is 19.7 Å². The van der Waals surface area contributed by atoms with Gasteiger partial charge in [-0.15, -0.1) is 11.3 Å². The molecule has 0 atom stereocenters. The van der Waals surface area contributed by atoms with Gasteiger partial charge in [0, 0.05) is 22.4 Å². The van der Waals surface area contributed by atoms with Crippen molar-refractivity contribution in [2.24, 2.45) is 5.41 Å². The number of thiophene rings is 1. The predicted molar refractivity (Wildman–Crippen MR) is 114 cm³/mol. The second kappa shape index (κ2) is 9.21. The summed E-state index contributed by atoms with van der Waals surface area (Å²) in [5.74, 6) is -2.87. The Morgan fingerprint density at radius 1 is 1.19 bits per heavy atom. The van der Waals surface area contributed by atoms with Gasteiger partial charge in [-0.05, 0) is 25.5 Å². The molecule has 11 heteroatoms. The molecular formula is C20H22FN3O6S. The number of halogens is 1. The Bertz CT molecular complexity index is 1060. The number of anilines is 2. The standard InChI is InChI=1S/C20H22FN3O6S/c1-10-11(2)31-17(23-19(27)20(3,4)5)16(10)18(26)30-9-15(25)22-14-8-12(24(28)29)6-7-13(14)21/h6-8H,9H2,1-5H3,(H,22,25)(H,23,27). The van der Waals surface area contributed by atoms with Crippen LogP contribution in [0.4, 0.5) is 20.8 Å². The van der Waals surface area contributed by atoms with Crippen LogP contribution in [0, 0.1) is 35.2 Å². The zero-order chi connectivity index (χ0) is 23.5. The molecule has 2 N–H and O–H groups in total. The molecule has 9 nitrogen and oxygen atoms in total. The maximum absolute atomic E-state index is 13.8. The number of nitro groups is 1. The number of benzene rings is 1. The lowest BCUT2D eigenvalue weighted by atomic mass is 9.96. The van der Waals surface area contributed by atoms with E-state index in [-0.39, 0.29) is 11.5 Å². The van der Waals surface area contributed by atoms with E-state index < -0.39 is 46.0 Å². The van der Waals surface area contributed by atoms with E-state index in [0.717, 1.165) is 23.1 Å². The van der Waals surface area contributed by atoms with Crippen molar-refractivity contribution >= 4 is 45.5 Å². The van der Waals surface area contributed by atoms with Crippen LogP contribution in [0.25, 0.3) is 0 Å². The Balaban J connectivity index is 2.11. The summed E-state index contributed by atoms with van der Waals surface area (Å²) in [6, 6.07) is 2.67. The van der Waals surface area contributed by atoms with Crippen molar-refractivity contribution in [3.8, 4) is 0 Å². The summed E-state index contributed by atoms with van der Waals surface area (Å²) in [6.45, 7) is 7.90. The Morgan fingerprint density at radius 2 is 1.84 bits per heavy atom. The Morgan fingerprint density at radius 3 is 2.42 bits per heavy atom. The molecule has 0 unspecified atom stereocenters. The molecule has 0 saturated carbocycles. The van der Waals surface area contributed by atoms with Crippen LogP contribution in [0.2, 0.25) is 0 Å². The molecular weight excluding hydrogens is 429 g/mol. The Labute approximate surface area is 181 Å². The largest absolute Gasteiger partial charge is 0.452 e. The van der Waals surface area contributed by atoms with Gasteiger partial charge in [0.1, 0.15) is 10.8 Å². The van der Waals surface area contributed by atoms with E-state index in [1.807, 2.05) is 0 Å². The van der Waals surface area contributed by atoms with Crippen LogP contribution in [0.3, 0.4) is 0 Å². The molecule has 2 amide bonds. The quantitative estimate of drug-likeness (QED) is 0.385. The molecule has 0 spiro atoms. The van der Waals surface area contributed by atoms with E-state index in [2.05, 4.69) is 10.6 Å². The summed E-state index contributed by atoms with van der Waals surface area (Å²) in [5, 5.41) is 16.0. The van der Waals surface area contributed by atoms with E-state index in [1.165, 1.54) is 11.3 Å². The van der Waals surface area contributed by atoms with Crippen LogP contribution in [0.5, 0.6) is 0 Å². The number of nitro benzene ring substituents is 1. The van der Waals surface area contributed by atoms with Crippen molar-refractivity contribution in [3.05, 3.63) is 50.1 Å². The third-order valence-corrected chi connectivity index (χ3v) is 5.39. The van der Waals surface area contributed by atoms with Crippen LogP contribution in [0.1, 0.15) is 41.6 Å². The number of carbonyl (C=O) groups is 3. The molecule has 31 heavy (non-hydrogen) atoms. The minimum Gasteiger partial charge on any atom is -0.452 e. The number of non-ortho nitro benzene ring substituents is 1. The van der Waals surface area contributed by atoms with E-state index in [4.69, 9.17) is 4.74 Å². The first-order valence-corrected chi connectivity index (χ1v) is 9.95. The Hall–Kier alpha value is -3.34. The number of nitrogens with one attached hydrogen (secondary N) is 2. The molecule has 1 aromatic carbocycles. The van der Waals surface area contributed by atoms with E-state index in [9.17, 15) is 28.9 Å². The average Bonchev–Trinajstić information content (AvgIpc) is 2.94. The van der Waals surface area contributed by atoms with Crippen LogP contribution in [-0.2, 0) is 14.3 Å². The highest BCUT2D eigenvalue weighted by Crippen LogP contribution is 2.34. The highest BCUT2D eigenvalue weighted by Gasteiger charge is 2.27. The zero-order valence-corrected chi connectivity index (χ0v) is 18.4. The second-order valence-corrected chi connectivity index (χ2v) is 8.96. The van der Waals surface area contributed by atoms with Gasteiger partial charge in [0.05, 0.1) is 16.2 Å². The molecule has 1 heterocycles. The minimum atomic E-state index is -0.877. The second-order valence-electron chi connectivity index (χ2n) is 7.74. The summed E-state index contributed by atoms with van der Waals surface area (Å²) in [7, 11) is 0. The molecule has 166 valence electrons. The van der Waals surface area contributed by atoms with Gasteiger partial charge >= 0.3 is 5.97 Å². The molecule has 0 radical (unpaired) electrons. The molecule has 1 aromatic heterocycles. The van der Waals surface area contributed by atoms with Gasteiger partial charge in [0.25, 0.3) is 11.6 Å². The van der Waals surface area contributed by atoms with Crippen LogP contribution in [0.15, 0.2) is 18.2 Å². The number of carbonyl (C=O) groups excluding carboxylic acids is 3. The number of aryl methyl sites for hydroxylation is 1. The number of esters is 1. The third kappa shape index (κ3) is 5.85. The van der Waals surface area contributed by atoms with Crippen molar-refractivity contribution < 1.29 is 28.4 Å². The summed E-state index contributed by atoms with van der Waals surface area (Å²) in [4.78, 5) is 47.8. The summed E-state index contributed by atoms with van der Waals surface area (Å²) in [5.41, 5.74) is -0.762. The van der Waals surface area contributed by atoms with E-state index in [0.29, 0.717) is 10.6 Å². The summed E-state index contributed by atoms with van der Waals surface area (Å²) in [6.07, 6.45) is 0. The van der Waals surface area contributed by atoms with Crippen LogP contribution < -0.4 is 10.6 Å². The Kier molecular flexibility index (Phi) is 7.11. The lowest BCUT2D eigenvalue weighted by Crippen LogP contribution is -2.28. The predicted octanol–water partition coefficient (Wildman–Crippen LogP) is 4.19. The molecule has 0 bridgehead atoms. The van der Waals surface area contributed by atoms with E-state index >= 15 is 0 Å². The van der Waals surface area contributed by atoms with Gasteiger partial charge < -0.3 is 15.4 Å².